The van der Waals surface area contributed by atoms with Gasteiger partial charge in [-0.3, -0.25) is 5.32 Å². The Kier molecular flexibility index (Phi) is 6.18. The van der Waals surface area contributed by atoms with Crippen molar-refractivity contribution in [2.24, 2.45) is 0 Å². The number of alkyl halides is 3. The van der Waals surface area contributed by atoms with Crippen LogP contribution in [0.5, 0.6) is 0 Å². The molecule has 2 aromatic rings. The summed E-state index contributed by atoms with van der Waals surface area (Å²) in [6, 6.07) is 17.9. The zero-order valence-electron chi connectivity index (χ0n) is 15.2. The monoisotopic (exact) mass is 395 g/mol. The molecule has 146 valence electrons. The number of benzene rings is 2. The van der Waals surface area contributed by atoms with E-state index < -0.39 is 24.2 Å². The zero-order chi connectivity index (χ0) is 19.5. The van der Waals surface area contributed by atoms with Gasteiger partial charge in [0.15, 0.2) is 0 Å². The van der Waals surface area contributed by atoms with Crippen molar-refractivity contribution >= 4 is 11.8 Å². The van der Waals surface area contributed by atoms with Gasteiger partial charge in [-0.25, -0.2) is 0 Å². The van der Waals surface area contributed by atoms with Crippen molar-refractivity contribution in [3.63, 3.8) is 0 Å². The summed E-state index contributed by atoms with van der Waals surface area (Å²) < 4.78 is 38.2. The summed E-state index contributed by atoms with van der Waals surface area (Å²) >= 11 is 1.64. The van der Waals surface area contributed by atoms with Gasteiger partial charge >= 0.3 is 6.18 Å². The maximum Gasteiger partial charge on any atom is 0.391 e. The summed E-state index contributed by atoms with van der Waals surface area (Å²) in [5, 5.41) is 13.7. The molecule has 0 radical (unpaired) electrons. The van der Waals surface area contributed by atoms with Crippen LogP contribution in [-0.2, 0) is 0 Å². The van der Waals surface area contributed by atoms with Crippen LogP contribution in [0.25, 0.3) is 0 Å². The molecule has 2 nitrogen and oxygen atoms in total. The molecule has 0 saturated carbocycles. The van der Waals surface area contributed by atoms with Gasteiger partial charge in [0.1, 0.15) is 0 Å². The molecule has 2 aromatic carbocycles. The summed E-state index contributed by atoms with van der Waals surface area (Å²) in [5.74, 6) is 0.610. The number of halogens is 3. The molecule has 6 heteroatoms. The van der Waals surface area contributed by atoms with Gasteiger partial charge in [-0.05, 0) is 30.0 Å². The van der Waals surface area contributed by atoms with Crippen molar-refractivity contribution in [3.8, 4) is 0 Å². The first-order chi connectivity index (χ1) is 12.8. The maximum absolute atomic E-state index is 12.7. The van der Waals surface area contributed by atoms with Crippen LogP contribution in [0.2, 0.25) is 0 Å². The Labute approximate surface area is 162 Å². The summed E-state index contributed by atoms with van der Waals surface area (Å²) in [6.45, 7) is 1.96. The number of nitrogens with one attached hydrogen (secondary N) is 1. The molecule has 27 heavy (non-hydrogen) atoms. The molecular formula is C21H24F3NOS. The summed E-state index contributed by atoms with van der Waals surface area (Å²) in [5.41, 5.74) is 1.60. The summed E-state index contributed by atoms with van der Waals surface area (Å²) in [4.78, 5) is 1.12. The lowest BCUT2D eigenvalue weighted by Crippen LogP contribution is -2.50. The number of hydrogen-bond acceptors (Lipinski definition) is 3. The number of fused-ring (bicyclic) bond motifs is 1. The predicted octanol–water partition coefficient (Wildman–Crippen LogP) is 5.32. The number of rotatable bonds is 5. The SMILES string of the molecule is CC[C@]1(C[C@@H](O)CC(F)(F)F)CSc2ccccc2[C@H](c2ccccc2)N1. The molecule has 0 aliphatic carbocycles. The number of hydrogen-bond donors (Lipinski definition) is 2. The smallest absolute Gasteiger partial charge is 0.391 e. The van der Waals surface area contributed by atoms with Crippen molar-refractivity contribution in [3.05, 3.63) is 65.7 Å². The Hall–Kier alpha value is -1.50. The number of thioether (sulfide) groups is 1. The zero-order valence-corrected chi connectivity index (χ0v) is 16.0. The van der Waals surface area contributed by atoms with Gasteiger partial charge in [0.05, 0.1) is 18.6 Å². The van der Waals surface area contributed by atoms with Crippen LogP contribution in [-0.4, -0.2) is 28.7 Å². The molecule has 1 aliphatic rings. The Morgan fingerprint density at radius 1 is 1.15 bits per heavy atom. The predicted molar refractivity (Wildman–Crippen MR) is 103 cm³/mol. The van der Waals surface area contributed by atoms with E-state index in [1.54, 1.807) is 11.8 Å². The molecule has 0 spiro atoms. The fraction of sp³-hybridized carbons (Fsp3) is 0.429. The third-order valence-electron chi connectivity index (χ3n) is 5.09. The van der Waals surface area contributed by atoms with Gasteiger partial charge in [-0.1, -0.05) is 55.5 Å². The minimum absolute atomic E-state index is 0.0628. The molecule has 1 aliphatic heterocycles. The highest BCUT2D eigenvalue weighted by molar-refractivity contribution is 7.99. The molecular weight excluding hydrogens is 371 g/mol. The molecule has 0 fully saturated rings. The van der Waals surface area contributed by atoms with E-state index >= 15 is 0 Å². The van der Waals surface area contributed by atoms with Gasteiger partial charge < -0.3 is 5.11 Å². The first-order valence-corrected chi connectivity index (χ1v) is 10.1. The third-order valence-corrected chi connectivity index (χ3v) is 6.47. The van der Waals surface area contributed by atoms with E-state index in [9.17, 15) is 18.3 Å². The second-order valence-electron chi connectivity index (χ2n) is 7.13. The highest BCUT2D eigenvalue weighted by Gasteiger charge is 2.40. The first-order valence-electron chi connectivity index (χ1n) is 9.11. The van der Waals surface area contributed by atoms with Crippen molar-refractivity contribution in [1.82, 2.24) is 5.32 Å². The molecule has 0 bridgehead atoms. The van der Waals surface area contributed by atoms with Crippen molar-refractivity contribution in [2.75, 3.05) is 5.75 Å². The van der Waals surface area contributed by atoms with Crippen molar-refractivity contribution in [2.45, 2.75) is 54.9 Å². The molecule has 0 aromatic heterocycles. The molecule has 3 rings (SSSR count). The topological polar surface area (TPSA) is 32.3 Å². The van der Waals surface area contributed by atoms with E-state index in [4.69, 9.17) is 0 Å². The van der Waals surface area contributed by atoms with Crippen LogP contribution in [0.4, 0.5) is 13.2 Å². The molecule has 0 saturated heterocycles. The van der Waals surface area contributed by atoms with Gasteiger partial charge in [0, 0.05) is 16.2 Å². The summed E-state index contributed by atoms with van der Waals surface area (Å²) in [6.07, 6.45) is -6.27. The van der Waals surface area contributed by atoms with E-state index in [0.717, 1.165) is 16.0 Å². The largest absolute Gasteiger partial charge is 0.393 e. The molecule has 2 N–H and O–H groups in total. The highest BCUT2D eigenvalue weighted by Crippen LogP contribution is 2.41. The summed E-state index contributed by atoms with van der Waals surface area (Å²) in [7, 11) is 0. The highest BCUT2D eigenvalue weighted by atomic mass is 32.2. The molecule has 0 amide bonds. The van der Waals surface area contributed by atoms with Crippen LogP contribution < -0.4 is 5.32 Å². The van der Waals surface area contributed by atoms with E-state index in [1.807, 2.05) is 49.4 Å². The lowest BCUT2D eigenvalue weighted by Gasteiger charge is -2.37. The van der Waals surface area contributed by atoms with Crippen LogP contribution in [0.3, 0.4) is 0 Å². The van der Waals surface area contributed by atoms with E-state index in [1.165, 1.54) is 0 Å². The van der Waals surface area contributed by atoms with Crippen molar-refractivity contribution < 1.29 is 18.3 Å². The average Bonchev–Trinajstić information content (AvgIpc) is 2.79. The van der Waals surface area contributed by atoms with E-state index in [2.05, 4.69) is 17.4 Å². The Morgan fingerprint density at radius 2 is 1.81 bits per heavy atom. The van der Waals surface area contributed by atoms with Crippen LogP contribution in [0, 0.1) is 0 Å². The van der Waals surface area contributed by atoms with Crippen LogP contribution in [0.1, 0.15) is 43.4 Å². The average molecular weight is 395 g/mol. The lowest BCUT2D eigenvalue weighted by atomic mass is 9.87. The molecule has 1 heterocycles. The van der Waals surface area contributed by atoms with E-state index in [0.29, 0.717) is 12.2 Å². The molecule has 0 unspecified atom stereocenters. The van der Waals surface area contributed by atoms with Gasteiger partial charge in [0.25, 0.3) is 0 Å². The minimum atomic E-state index is -4.37. The van der Waals surface area contributed by atoms with Gasteiger partial charge in [-0.15, -0.1) is 11.8 Å². The first kappa shape index (κ1) is 20.2. The normalized spacial score (nSPS) is 24.1. The lowest BCUT2D eigenvalue weighted by molar-refractivity contribution is -0.155. The van der Waals surface area contributed by atoms with Crippen LogP contribution in [0.15, 0.2) is 59.5 Å². The molecule has 3 atom stereocenters. The third kappa shape index (κ3) is 5.06. The van der Waals surface area contributed by atoms with E-state index in [-0.39, 0.29) is 12.5 Å². The Morgan fingerprint density at radius 3 is 2.48 bits per heavy atom. The quantitative estimate of drug-likeness (QED) is 0.718. The van der Waals surface area contributed by atoms with Crippen molar-refractivity contribution in [1.29, 1.82) is 0 Å². The Balaban J connectivity index is 1.94. The maximum atomic E-state index is 12.7. The minimum Gasteiger partial charge on any atom is -0.393 e. The number of aliphatic hydroxyl groups is 1. The number of aliphatic hydroxyl groups excluding tert-OH is 1. The Bertz CT molecular complexity index is 753. The van der Waals surface area contributed by atoms with Gasteiger partial charge in [0.2, 0.25) is 0 Å². The second-order valence-corrected chi connectivity index (χ2v) is 8.14. The second kappa shape index (κ2) is 8.25. The van der Waals surface area contributed by atoms with Crippen LogP contribution >= 0.6 is 11.8 Å². The standard InChI is InChI=1S/C21H24F3NOS/c1-2-20(12-16(26)13-21(22,23)24)14-27-18-11-7-6-10-17(18)19(25-20)15-8-4-3-5-9-15/h3-11,16,19,25-26H,2,12-14H2,1H3/t16-,19+,20+/m1/s1. The van der Waals surface area contributed by atoms with Gasteiger partial charge in [-0.2, -0.15) is 13.2 Å². The fourth-order valence-corrected chi connectivity index (χ4v) is 5.02. The fourth-order valence-electron chi connectivity index (χ4n) is 3.66.